The lowest BCUT2D eigenvalue weighted by atomic mass is 9.91. The molecule has 0 radical (unpaired) electrons. The second-order valence-electron chi connectivity index (χ2n) is 10.7. The fourth-order valence-corrected chi connectivity index (χ4v) is 6.44. The molecule has 0 N–H and O–H groups in total. The zero-order chi connectivity index (χ0) is 29.8. The summed E-state index contributed by atoms with van der Waals surface area (Å²) >= 11 is 0. The maximum atomic E-state index is 10.1. The van der Waals surface area contributed by atoms with Crippen molar-refractivity contribution in [2.45, 2.75) is 0 Å². The van der Waals surface area contributed by atoms with Crippen molar-refractivity contribution in [3.8, 4) is 46.1 Å². The van der Waals surface area contributed by atoms with Crippen LogP contribution in [0.15, 0.2) is 126 Å². The first-order valence-electron chi connectivity index (χ1n) is 14.1. The Morgan fingerprint density at radius 1 is 0.500 bits per heavy atom. The first-order valence-corrected chi connectivity index (χ1v) is 14.1. The zero-order valence-electron chi connectivity index (χ0n) is 23.2. The Labute approximate surface area is 252 Å². The molecule has 0 unspecified atom stereocenters. The minimum Gasteiger partial charge on any atom is -0.456 e. The molecule has 0 aliphatic rings. The van der Waals surface area contributed by atoms with Crippen molar-refractivity contribution in [1.29, 1.82) is 15.8 Å². The van der Waals surface area contributed by atoms with Crippen LogP contribution in [0.4, 0.5) is 0 Å². The van der Waals surface area contributed by atoms with E-state index < -0.39 is 0 Å². The van der Waals surface area contributed by atoms with E-state index in [4.69, 9.17) is 4.42 Å². The van der Waals surface area contributed by atoms with Gasteiger partial charge in [-0.1, -0.05) is 60.7 Å². The molecule has 0 aliphatic carbocycles. The molecule has 0 amide bonds. The highest BCUT2D eigenvalue weighted by molar-refractivity contribution is 6.17. The van der Waals surface area contributed by atoms with E-state index >= 15 is 0 Å². The molecule has 8 aromatic rings. The van der Waals surface area contributed by atoms with Gasteiger partial charge in [-0.25, -0.2) is 0 Å². The summed E-state index contributed by atoms with van der Waals surface area (Å²) < 4.78 is 8.34. The van der Waals surface area contributed by atoms with E-state index in [-0.39, 0.29) is 0 Å². The van der Waals surface area contributed by atoms with Crippen LogP contribution in [0.1, 0.15) is 16.7 Å². The number of aromatic nitrogens is 1. The van der Waals surface area contributed by atoms with Crippen LogP contribution in [0.3, 0.4) is 0 Å². The van der Waals surface area contributed by atoms with Crippen molar-refractivity contribution in [3.05, 3.63) is 138 Å². The minimum absolute atomic E-state index is 0.440. The molecule has 44 heavy (non-hydrogen) atoms. The normalized spacial score (nSPS) is 11.1. The first-order chi connectivity index (χ1) is 21.7. The molecule has 0 bridgehead atoms. The number of hydrogen-bond donors (Lipinski definition) is 0. The SMILES string of the molecule is N#Cc1ccccc1-c1ccc2c(c1)c1c(-c3c(C#N)cccc3C#N)cccc1n2-c1ccc2oc3ccccc3c2c1. The van der Waals surface area contributed by atoms with Crippen molar-refractivity contribution in [2.24, 2.45) is 0 Å². The van der Waals surface area contributed by atoms with Crippen LogP contribution >= 0.6 is 0 Å². The topological polar surface area (TPSA) is 89.4 Å². The molecule has 0 saturated heterocycles. The second kappa shape index (κ2) is 9.74. The van der Waals surface area contributed by atoms with Crippen molar-refractivity contribution in [3.63, 3.8) is 0 Å². The first kappa shape index (κ1) is 25.1. The molecule has 8 rings (SSSR count). The van der Waals surface area contributed by atoms with Gasteiger partial charge in [-0.05, 0) is 77.4 Å². The third kappa shape index (κ3) is 3.63. The fourth-order valence-electron chi connectivity index (χ4n) is 6.44. The molecule has 0 spiro atoms. The molecule has 0 aliphatic heterocycles. The van der Waals surface area contributed by atoms with Gasteiger partial charge in [-0.3, -0.25) is 0 Å². The largest absolute Gasteiger partial charge is 0.456 e. The summed E-state index contributed by atoms with van der Waals surface area (Å²) in [7, 11) is 0. The quantitative estimate of drug-likeness (QED) is 0.215. The predicted molar refractivity (Wildman–Crippen MR) is 173 cm³/mol. The highest BCUT2D eigenvalue weighted by atomic mass is 16.3. The van der Waals surface area contributed by atoms with E-state index in [1.54, 1.807) is 18.2 Å². The summed E-state index contributed by atoms with van der Waals surface area (Å²) in [5.74, 6) is 0. The molecular weight excluding hydrogens is 540 g/mol. The third-order valence-electron chi connectivity index (χ3n) is 8.34. The maximum absolute atomic E-state index is 10.1. The lowest BCUT2D eigenvalue weighted by Gasteiger charge is -2.11. The Kier molecular flexibility index (Phi) is 5.56. The Bertz CT molecular complexity index is 2570. The van der Waals surface area contributed by atoms with Crippen LogP contribution in [0.2, 0.25) is 0 Å². The van der Waals surface area contributed by atoms with Crippen LogP contribution < -0.4 is 0 Å². The summed E-state index contributed by atoms with van der Waals surface area (Å²) in [5, 5.41) is 34.0. The van der Waals surface area contributed by atoms with Gasteiger partial charge in [0.05, 0.1) is 45.9 Å². The summed E-state index contributed by atoms with van der Waals surface area (Å²) in [6.45, 7) is 0. The number of rotatable bonds is 3. The monoisotopic (exact) mass is 560 g/mol. The molecule has 5 nitrogen and oxygen atoms in total. The molecule has 2 aromatic heterocycles. The molecule has 6 aromatic carbocycles. The molecule has 0 atom stereocenters. The number of benzene rings is 6. The molecule has 5 heteroatoms. The highest BCUT2D eigenvalue weighted by Gasteiger charge is 2.21. The van der Waals surface area contributed by atoms with Crippen LogP contribution in [0, 0.1) is 34.0 Å². The van der Waals surface area contributed by atoms with E-state index in [0.717, 1.165) is 66.1 Å². The number of furan rings is 1. The zero-order valence-corrected chi connectivity index (χ0v) is 23.2. The number of fused-ring (bicyclic) bond motifs is 6. The van der Waals surface area contributed by atoms with Crippen LogP contribution in [-0.2, 0) is 0 Å². The lowest BCUT2D eigenvalue weighted by Crippen LogP contribution is -1.94. The number of nitrogens with zero attached hydrogens (tertiary/aromatic N) is 4. The Morgan fingerprint density at radius 2 is 1.18 bits per heavy atom. The fraction of sp³-hybridized carbons (Fsp3) is 0. The number of nitriles is 3. The minimum atomic E-state index is 0.440. The summed E-state index contributed by atoms with van der Waals surface area (Å²) in [6, 6.07) is 46.2. The number of para-hydroxylation sites is 1. The summed E-state index contributed by atoms with van der Waals surface area (Å²) in [5.41, 5.74) is 9.15. The number of hydrogen-bond acceptors (Lipinski definition) is 4. The Hall–Kier alpha value is -6.61. The molecule has 2 heterocycles. The molecule has 0 fully saturated rings. The predicted octanol–water partition coefficient (Wildman–Crippen LogP) is 9.63. The Morgan fingerprint density at radius 3 is 2.00 bits per heavy atom. The van der Waals surface area contributed by atoms with Gasteiger partial charge in [0, 0.05) is 32.8 Å². The van der Waals surface area contributed by atoms with Crippen molar-refractivity contribution in [1.82, 2.24) is 4.57 Å². The molecule has 0 saturated carbocycles. The standard InChI is InChI=1S/C39H20N4O/c40-21-25-7-1-2-10-29(25)24-15-17-34-33(19-24)39-31(38-26(22-41)8-5-9-27(38)23-42)12-6-13-35(39)43(34)28-16-18-37-32(20-28)30-11-3-4-14-36(30)44-37/h1-20H. The van der Waals surface area contributed by atoms with Gasteiger partial charge in [0.2, 0.25) is 0 Å². The van der Waals surface area contributed by atoms with Crippen molar-refractivity contribution in [2.75, 3.05) is 0 Å². The van der Waals surface area contributed by atoms with Gasteiger partial charge in [0.25, 0.3) is 0 Å². The van der Waals surface area contributed by atoms with Crippen molar-refractivity contribution >= 4 is 43.7 Å². The van der Waals surface area contributed by atoms with Gasteiger partial charge in [0.1, 0.15) is 11.2 Å². The smallest absolute Gasteiger partial charge is 0.135 e. The molecule has 202 valence electrons. The van der Waals surface area contributed by atoms with Gasteiger partial charge >= 0.3 is 0 Å². The van der Waals surface area contributed by atoms with Gasteiger partial charge in [-0.15, -0.1) is 0 Å². The average molecular weight is 561 g/mol. The lowest BCUT2D eigenvalue weighted by molar-refractivity contribution is 0.669. The average Bonchev–Trinajstić information content (AvgIpc) is 3.62. The van der Waals surface area contributed by atoms with E-state index in [1.807, 2.05) is 66.7 Å². The van der Waals surface area contributed by atoms with E-state index in [0.29, 0.717) is 22.3 Å². The van der Waals surface area contributed by atoms with E-state index in [9.17, 15) is 15.8 Å². The van der Waals surface area contributed by atoms with E-state index in [2.05, 4.69) is 59.2 Å². The van der Waals surface area contributed by atoms with Crippen LogP contribution in [-0.4, -0.2) is 4.57 Å². The van der Waals surface area contributed by atoms with Gasteiger partial charge in [-0.2, -0.15) is 15.8 Å². The Balaban J connectivity index is 1.51. The van der Waals surface area contributed by atoms with Crippen LogP contribution in [0.25, 0.3) is 71.7 Å². The van der Waals surface area contributed by atoms with Crippen molar-refractivity contribution < 1.29 is 4.42 Å². The highest BCUT2D eigenvalue weighted by Crippen LogP contribution is 2.42. The second-order valence-corrected chi connectivity index (χ2v) is 10.7. The third-order valence-corrected chi connectivity index (χ3v) is 8.34. The summed E-state index contributed by atoms with van der Waals surface area (Å²) in [6.07, 6.45) is 0. The maximum Gasteiger partial charge on any atom is 0.135 e. The van der Waals surface area contributed by atoms with Gasteiger partial charge in [0.15, 0.2) is 0 Å². The van der Waals surface area contributed by atoms with Crippen LogP contribution in [0.5, 0.6) is 0 Å². The van der Waals surface area contributed by atoms with Gasteiger partial charge < -0.3 is 8.98 Å². The summed E-state index contributed by atoms with van der Waals surface area (Å²) in [4.78, 5) is 0. The van der Waals surface area contributed by atoms with E-state index in [1.165, 1.54) is 0 Å². The molecular formula is C39H20N4O.